The van der Waals surface area contributed by atoms with Crippen molar-refractivity contribution < 1.29 is 4.79 Å². The Labute approximate surface area is 118 Å². The van der Waals surface area contributed by atoms with Crippen LogP contribution in [0.15, 0.2) is 0 Å². The Kier molecular flexibility index (Phi) is 4.88. The number of nitrogens with zero attached hydrogens (tertiary/aromatic N) is 1. The van der Waals surface area contributed by atoms with Gasteiger partial charge in [0.15, 0.2) is 0 Å². The Morgan fingerprint density at radius 2 is 1.84 bits per heavy atom. The Bertz CT molecular complexity index is 308. The molecule has 0 aromatic heterocycles. The molecule has 2 rings (SSSR count). The maximum atomic E-state index is 12.3. The van der Waals surface area contributed by atoms with Gasteiger partial charge in [-0.2, -0.15) is 0 Å². The molecule has 19 heavy (non-hydrogen) atoms. The molecule has 0 bridgehead atoms. The predicted octanol–water partition coefficient (Wildman–Crippen LogP) is 2.95. The lowest BCUT2D eigenvalue weighted by Gasteiger charge is -2.28. The van der Waals surface area contributed by atoms with Crippen LogP contribution in [0, 0.1) is 5.41 Å². The molecule has 2 aliphatic rings. The van der Waals surface area contributed by atoms with Gasteiger partial charge in [0.2, 0.25) is 5.91 Å². The van der Waals surface area contributed by atoms with Gasteiger partial charge in [0.05, 0.1) is 6.04 Å². The zero-order chi connectivity index (χ0) is 13.9. The first kappa shape index (κ1) is 14.8. The number of hydrogen-bond acceptors (Lipinski definition) is 2. The van der Waals surface area contributed by atoms with Gasteiger partial charge in [-0.1, -0.05) is 26.7 Å². The second-order valence-electron chi connectivity index (χ2n) is 7.22. The number of carbonyl (C=O) groups excluding carboxylic acids is 1. The van der Waals surface area contributed by atoms with Crippen LogP contribution < -0.4 is 5.32 Å². The van der Waals surface area contributed by atoms with Crippen molar-refractivity contribution >= 4 is 5.91 Å². The van der Waals surface area contributed by atoms with Crippen LogP contribution in [0.4, 0.5) is 0 Å². The number of hydrogen-bond donors (Lipinski definition) is 1. The summed E-state index contributed by atoms with van der Waals surface area (Å²) in [5.74, 6) is 0.242. The maximum Gasteiger partial charge on any atom is 0.237 e. The van der Waals surface area contributed by atoms with E-state index in [4.69, 9.17) is 0 Å². The molecule has 1 saturated heterocycles. The lowest BCUT2D eigenvalue weighted by Crippen LogP contribution is -2.48. The predicted molar refractivity (Wildman–Crippen MR) is 79.1 cm³/mol. The van der Waals surface area contributed by atoms with Gasteiger partial charge in [-0.25, -0.2) is 0 Å². The van der Waals surface area contributed by atoms with Crippen LogP contribution in [0.5, 0.6) is 0 Å². The van der Waals surface area contributed by atoms with E-state index in [1.54, 1.807) is 0 Å². The molecule has 1 heterocycles. The molecule has 1 unspecified atom stereocenters. The average molecular weight is 266 g/mol. The van der Waals surface area contributed by atoms with Crippen LogP contribution in [0.3, 0.4) is 0 Å². The molecule has 1 amide bonds. The van der Waals surface area contributed by atoms with E-state index < -0.39 is 0 Å². The minimum atomic E-state index is 0.0366. The van der Waals surface area contributed by atoms with Crippen LogP contribution in [0.2, 0.25) is 0 Å². The molecule has 1 aliphatic heterocycles. The van der Waals surface area contributed by atoms with Gasteiger partial charge in [-0.3, -0.25) is 9.69 Å². The van der Waals surface area contributed by atoms with Crippen molar-refractivity contribution in [3.05, 3.63) is 0 Å². The van der Waals surface area contributed by atoms with Crippen molar-refractivity contribution in [1.29, 1.82) is 0 Å². The number of likely N-dealkylation sites (tertiary alicyclic amines) is 1. The van der Waals surface area contributed by atoms with E-state index in [9.17, 15) is 4.79 Å². The third kappa shape index (κ3) is 4.20. The average Bonchev–Trinajstić information content (AvgIpc) is 2.78. The summed E-state index contributed by atoms with van der Waals surface area (Å²) in [7, 11) is 0. The van der Waals surface area contributed by atoms with E-state index in [1.165, 1.54) is 44.9 Å². The normalized spacial score (nSPS) is 26.9. The van der Waals surface area contributed by atoms with Crippen molar-refractivity contribution in [2.75, 3.05) is 13.1 Å². The lowest BCUT2D eigenvalue weighted by atomic mass is 9.85. The zero-order valence-electron chi connectivity index (χ0n) is 12.9. The highest BCUT2D eigenvalue weighted by atomic mass is 16.2. The van der Waals surface area contributed by atoms with Gasteiger partial charge in [-0.15, -0.1) is 0 Å². The van der Waals surface area contributed by atoms with Gasteiger partial charge >= 0.3 is 0 Å². The molecular weight excluding hydrogens is 236 g/mol. The summed E-state index contributed by atoms with van der Waals surface area (Å²) in [5.41, 5.74) is 0.441. The van der Waals surface area contributed by atoms with Crippen LogP contribution in [-0.2, 0) is 4.79 Å². The van der Waals surface area contributed by atoms with Crippen LogP contribution in [0.1, 0.15) is 65.7 Å². The number of rotatable bonds is 3. The van der Waals surface area contributed by atoms with Gasteiger partial charge in [-0.05, 0) is 57.5 Å². The standard InChI is InChI=1S/C16H30N2O/c1-13(15(19)17-14-7-4-5-8-14)18-11-6-9-16(2,3)10-12-18/h13-14H,4-12H2,1-3H3,(H,17,19). The Morgan fingerprint density at radius 3 is 2.53 bits per heavy atom. The maximum absolute atomic E-state index is 12.3. The van der Waals surface area contributed by atoms with Crippen LogP contribution in [0.25, 0.3) is 0 Å². The highest BCUT2D eigenvalue weighted by molar-refractivity contribution is 5.81. The summed E-state index contributed by atoms with van der Waals surface area (Å²) >= 11 is 0. The van der Waals surface area contributed by atoms with Crippen molar-refractivity contribution in [2.24, 2.45) is 5.41 Å². The first-order valence-electron chi connectivity index (χ1n) is 8.02. The van der Waals surface area contributed by atoms with Crippen molar-refractivity contribution in [2.45, 2.75) is 77.8 Å². The molecule has 2 fully saturated rings. The summed E-state index contributed by atoms with van der Waals surface area (Å²) in [6, 6.07) is 0.480. The number of nitrogens with one attached hydrogen (secondary N) is 1. The monoisotopic (exact) mass is 266 g/mol. The van der Waals surface area contributed by atoms with Gasteiger partial charge < -0.3 is 5.32 Å². The molecule has 110 valence electrons. The Balaban J connectivity index is 1.84. The van der Waals surface area contributed by atoms with Crippen LogP contribution in [-0.4, -0.2) is 36.0 Å². The number of amides is 1. The topological polar surface area (TPSA) is 32.3 Å². The summed E-state index contributed by atoms with van der Waals surface area (Å²) in [6.07, 6.45) is 8.59. The molecule has 0 aromatic rings. The smallest absolute Gasteiger partial charge is 0.237 e. The Morgan fingerprint density at radius 1 is 1.16 bits per heavy atom. The summed E-state index contributed by atoms with van der Waals surface area (Å²) in [4.78, 5) is 14.7. The molecule has 1 saturated carbocycles. The van der Waals surface area contributed by atoms with E-state index in [0.29, 0.717) is 11.5 Å². The summed E-state index contributed by atoms with van der Waals surface area (Å²) < 4.78 is 0. The van der Waals surface area contributed by atoms with E-state index >= 15 is 0 Å². The first-order valence-corrected chi connectivity index (χ1v) is 8.02. The zero-order valence-corrected chi connectivity index (χ0v) is 12.9. The van der Waals surface area contributed by atoms with Gasteiger partial charge in [0, 0.05) is 6.04 Å². The molecule has 1 N–H and O–H groups in total. The summed E-state index contributed by atoms with van der Waals surface area (Å²) in [5, 5.41) is 3.24. The van der Waals surface area contributed by atoms with Gasteiger partial charge in [0.1, 0.15) is 0 Å². The molecule has 0 aromatic carbocycles. The van der Waals surface area contributed by atoms with Crippen molar-refractivity contribution in [3.8, 4) is 0 Å². The fourth-order valence-electron chi connectivity index (χ4n) is 3.39. The van der Waals surface area contributed by atoms with Crippen molar-refractivity contribution in [1.82, 2.24) is 10.2 Å². The van der Waals surface area contributed by atoms with Crippen LogP contribution >= 0.6 is 0 Å². The fraction of sp³-hybridized carbons (Fsp3) is 0.938. The molecule has 1 atom stereocenters. The summed E-state index contributed by atoms with van der Waals surface area (Å²) in [6.45, 7) is 8.90. The molecule has 1 aliphatic carbocycles. The third-order valence-corrected chi connectivity index (χ3v) is 5.00. The number of carbonyl (C=O) groups is 1. The SMILES string of the molecule is CC(C(=O)NC1CCCC1)N1CCCC(C)(C)CC1. The van der Waals surface area contributed by atoms with E-state index in [2.05, 4.69) is 31.0 Å². The largest absolute Gasteiger partial charge is 0.352 e. The van der Waals surface area contributed by atoms with E-state index in [1.807, 2.05) is 0 Å². The third-order valence-electron chi connectivity index (χ3n) is 5.00. The second kappa shape index (κ2) is 6.25. The Hall–Kier alpha value is -0.570. The van der Waals surface area contributed by atoms with E-state index in [-0.39, 0.29) is 11.9 Å². The molecule has 0 spiro atoms. The van der Waals surface area contributed by atoms with Gasteiger partial charge in [0.25, 0.3) is 0 Å². The second-order valence-corrected chi connectivity index (χ2v) is 7.22. The quantitative estimate of drug-likeness (QED) is 0.852. The highest BCUT2D eigenvalue weighted by Gasteiger charge is 2.29. The minimum Gasteiger partial charge on any atom is -0.352 e. The fourth-order valence-corrected chi connectivity index (χ4v) is 3.39. The molecule has 3 heteroatoms. The highest BCUT2D eigenvalue weighted by Crippen LogP contribution is 2.30. The first-order chi connectivity index (χ1) is 8.98. The van der Waals surface area contributed by atoms with E-state index in [0.717, 1.165) is 13.1 Å². The van der Waals surface area contributed by atoms with Crippen molar-refractivity contribution in [3.63, 3.8) is 0 Å². The minimum absolute atomic E-state index is 0.0366. The lowest BCUT2D eigenvalue weighted by molar-refractivity contribution is -0.126. The molecule has 3 nitrogen and oxygen atoms in total. The molecule has 0 radical (unpaired) electrons. The molecular formula is C16H30N2O.